The molecule has 0 heterocycles. The molecule has 2 nitrogen and oxygen atoms in total. The van der Waals surface area contributed by atoms with Crippen LogP contribution in [0.4, 0.5) is 0 Å². The van der Waals surface area contributed by atoms with Gasteiger partial charge in [0.05, 0.1) is 0 Å². The van der Waals surface area contributed by atoms with Crippen LogP contribution in [0.3, 0.4) is 0 Å². The molecule has 0 saturated carbocycles. The maximum atomic E-state index is 7.26. The molecular formula is C2H3AsCuN2. The summed E-state index contributed by atoms with van der Waals surface area (Å²) < 4.78 is 0. The largest absolute Gasteiger partial charge is 0 e. The summed E-state index contributed by atoms with van der Waals surface area (Å²) in [6, 6.07) is 2.47. The summed E-state index contributed by atoms with van der Waals surface area (Å²) in [5.74, 6) is 0. The molecule has 1 atom stereocenters. The van der Waals surface area contributed by atoms with Crippen LogP contribution in [-0.4, -0.2) is 18.0 Å². The van der Waals surface area contributed by atoms with E-state index < -0.39 is 0 Å². The van der Waals surface area contributed by atoms with Crippen molar-refractivity contribution < 1.29 is 17.1 Å². The number of rotatable bonds is 0. The van der Waals surface area contributed by atoms with Gasteiger partial charge in [-0.25, -0.2) is 0 Å². The van der Waals surface area contributed by atoms with Crippen LogP contribution in [0.2, 0.25) is 0 Å². The molecule has 0 aliphatic carbocycles. The third-order valence-corrected chi connectivity index (χ3v) is 0.0500. The predicted octanol–water partition coefficient (Wildman–Crippen LogP) is -1.15. The zero-order valence-electron chi connectivity index (χ0n) is 2.90. The molecule has 0 aromatic heterocycles. The second-order valence-corrected chi connectivity index (χ2v) is 0.224. The van der Waals surface area contributed by atoms with Crippen molar-refractivity contribution >= 4 is 18.0 Å². The molecule has 0 aliphatic heterocycles. The number of hydrogen-bond acceptors (Lipinski definition) is 2. The smallest absolute Gasteiger partial charge is 0 e. The van der Waals surface area contributed by atoms with Crippen molar-refractivity contribution in [1.29, 1.82) is 10.5 Å². The fourth-order valence-electron chi connectivity index (χ4n) is 0. The minimum Gasteiger partial charge on any atom is 0 e. The van der Waals surface area contributed by atoms with Gasteiger partial charge >= 0.3 is 18.0 Å². The van der Waals surface area contributed by atoms with Gasteiger partial charge in [0, 0.05) is 17.1 Å². The van der Waals surface area contributed by atoms with Crippen LogP contribution in [0, 0.1) is 22.7 Å². The molecule has 0 amide bonds. The van der Waals surface area contributed by atoms with Crippen molar-refractivity contribution in [2.24, 2.45) is 0 Å². The summed E-state index contributed by atoms with van der Waals surface area (Å²) in [7, 11) is 0. The van der Waals surface area contributed by atoms with E-state index in [0.29, 0.717) is 0 Å². The molecule has 1 radical (unpaired) electrons. The Kier molecular flexibility index (Phi) is 54.3. The maximum absolute atomic E-state index is 7.26. The zero-order valence-corrected chi connectivity index (χ0v) is 6.81. The third kappa shape index (κ3) is 33.9. The number of hydrogen-bond donors (Lipinski definition) is 0. The van der Waals surface area contributed by atoms with E-state index in [1.807, 2.05) is 0 Å². The van der Waals surface area contributed by atoms with E-state index in [9.17, 15) is 0 Å². The van der Waals surface area contributed by atoms with E-state index in [4.69, 9.17) is 10.5 Å². The topological polar surface area (TPSA) is 47.6 Å². The normalized spacial score (nSPS) is 1.67. The summed E-state index contributed by atoms with van der Waals surface area (Å²) in [5, 5.41) is 14.5. The van der Waals surface area contributed by atoms with E-state index in [-0.39, 0.29) is 35.0 Å². The van der Waals surface area contributed by atoms with Gasteiger partial charge in [-0.2, -0.15) is 10.5 Å². The zero-order chi connectivity index (χ0) is 3.41. The molecule has 6 heavy (non-hydrogen) atoms. The van der Waals surface area contributed by atoms with Crippen LogP contribution in [0.15, 0.2) is 0 Å². The van der Waals surface area contributed by atoms with Gasteiger partial charge in [0.1, 0.15) is 0 Å². The molecule has 0 N–H and O–H groups in total. The minimum atomic E-state index is 0. The van der Waals surface area contributed by atoms with Crippen molar-refractivity contribution in [2.75, 3.05) is 0 Å². The van der Waals surface area contributed by atoms with Crippen molar-refractivity contribution in [3.8, 4) is 12.1 Å². The van der Waals surface area contributed by atoms with Crippen LogP contribution in [0.1, 0.15) is 0 Å². The average Bonchev–Trinajstić information content (AvgIpc) is 1.37. The first-order valence-electron chi connectivity index (χ1n) is 0.697. The SMILES string of the molecule is N#CC#N.[AsH3].[Cu]. The molecule has 0 bridgehead atoms. The molecule has 0 aliphatic rings. The van der Waals surface area contributed by atoms with Gasteiger partial charge in [0.15, 0.2) is 12.1 Å². The first-order valence-corrected chi connectivity index (χ1v) is 0.697. The first kappa shape index (κ1) is 16.6. The van der Waals surface area contributed by atoms with Crippen LogP contribution in [0.25, 0.3) is 0 Å². The van der Waals surface area contributed by atoms with Gasteiger partial charge < -0.3 is 0 Å². The molecule has 0 spiro atoms. The van der Waals surface area contributed by atoms with Crippen molar-refractivity contribution in [1.82, 2.24) is 0 Å². The van der Waals surface area contributed by atoms with Crippen molar-refractivity contribution in [3.05, 3.63) is 0 Å². The van der Waals surface area contributed by atoms with Gasteiger partial charge in [0.2, 0.25) is 0 Å². The van der Waals surface area contributed by atoms with Crippen molar-refractivity contribution in [3.63, 3.8) is 0 Å². The molecule has 4 heteroatoms. The summed E-state index contributed by atoms with van der Waals surface area (Å²) in [6.45, 7) is 0. The number of nitriles is 2. The molecule has 0 aromatic carbocycles. The second kappa shape index (κ2) is 19.7. The van der Waals surface area contributed by atoms with E-state index in [0.717, 1.165) is 0 Å². The fourth-order valence-corrected chi connectivity index (χ4v) is 0. The van der Waals surface area contributed by atoms with Gasteiger partial charge in [-0.15, -0.1) is 0 Å². The molecule has 0 aromatic rings. The molecule has 0 rings (SSSR count). The van der Waals surface area contributed by atoms with Crippen molar-refractivity contribution in [2.45, 2.75) is 0 Å². The van der Waals surface area contributed by atoms with E-state index >= 15 is 0 Å². The summed E-state index contributed by atoms with van der Waals surface area (Å²) in [5.41, 5.74) is 0. The Morgan fingerprint density at radius 1 is 1.00 bits per heavy atom. The molecular weight excluding hydrogens is 191 g/mol. The van der Waals surface area contributed by atoms with E-state index in [1.54, 1.807) is 0 Å². The standard InChI is InChI=1S/C2N2.AsH3.Cu/c3-1-2-4;;/h;1H3;. The quantitative estimate of drug-likeness (QED) is 0.456. The maximum Gasteiger partial charge on any atom is 0 e. The Labute approximate surface area is 57.9 Å². The Hall–Kier alpha value is 0.0579. The summed E-state index contributed by atoms with van der Waals surface area (Å²) >= 11 is 0. The Morgan fingerprint density at radius 3 is 1.17 bits per heavy atom. The van der Waals surface area contributed by atoms with Gasteiger partial charge in [0.25, 0.3) is 0 Å². The molecule has 1 unspecified atom stereocenters. The Balaban J connectivity index is -0.0000000450. The fraction of sp³-hybridized carbons (Fsp3) is 0. The van der Waals surface area contributed by atoms with Gasteiger partial charge in [-0.05, 0) is 0 Å². The van der Waals surface area contributed by atoms with Crippen LogP contribution < -0.4 is 0 Å². The van der Waals surface area contributed by atoms with Gasteiger partial charge in [-0.1, -0.05) is 0 Å². The van der Waals surface area contributed by atoms with Crippen LogP contribution >= 0.6 is 0 Å². The van der Waals surface area contributed by atoms with Crippen LogP contribution in [0.5, 0.6) is 0 Å². The van der Waals surface area contributed by atoms with Gasteiger partial charge in [-0.3, -0.25) is 0 Å². The average molecular weight is 194 g/mol. The van der Waals surface area contributed by atoms with E-state index in [1.165, 1.54) is 12.1 Å². The summed E-state index contributed by atoms with van der Waals surface area (Å²) in [6.07, 6.45) is 0. The summed E-state index contributed by atoms with van der Waals surface area (Å²) in [4.78, 5) is 0. The third-order valence-electron chi connectivity index (χ3n) is 0.0500. The van der Waals surface area contributed by atoms with E-state index in [2.05, 4.69) is 0 Å². The monoisotopic (exact) mass is 193 g/mol. The number of nitrogens with zero attached hydrogens (tertiary/aromatic N) is 2. The molecule has 0 fully saturated rings. The Morgan fingerprint density at radius 2 is 1.17 bits per heavy atom. The molecule has 37 valence electrons. The predicted molar refractivity (Wildman–Crippen MR) is 21.2 cm³/mol. The molecule has 0 saturated heterocycles. The van der Waals surface area contributed by atoms with Crippen LogP contribution in [-0.2, 0) is 17.1 Å². The second-order valence-electron chi connectivity index (χ2n) is 0.224. The minimum absolute atomic E-state index is 0. The Bertz CT molecular complexity index is 66.5. The first-order chi connectivity index (χ1) is 1.91.